The third-order valence-corrected chi connectivity index (χ3v) is 6.70. The fraction of sp³-hybridized carbons (Fsp3) is 0.235. The maximum Gasteiger partial charge on any atom is 0.194 e. The minimum atomic E-state index is -1.57. The van der Waals surface area contributed by atoms with Crippen LogP contribution in [-0.4, -0.2) is 0 Å². The Morgan fingerprint density at radius 1 is 0.605 bits per heavy atom. The standard InChI is InChI=1S/C34H30F4/c1-3-5-6-7-8-23-9-11-24(12-10-23)13-14-26-15-16-27(19-25(26)4-2)28-17-18-30(31(35)20-28)29-21-32(36)34(38)33(37)22-29/h9-12,15-22H,3-8H2,1-2H3. The second-order valence-electron chi connectivity index (χ2n) is 9.43. The van der Waals surface area contributed by atoms with E-state index in [1.54, 1.807) is 6.07 Å². The summed E-state index contributed by atoms with van der Waals surface area (Å²) < 4.78 is 55.5. The van der Waals surface area contributed by atoms with Gasteiger partial charge in [-0.25, -0.2) is 17.6 Å². The normalized spacial score (nSPS) is 10.8. The molecule has 0 N–H and O–H groups in total. The lowest BCUT2D eigenvalue weighted by Gasteiger charge is -2.10. The molecule has 0 amide bonds. The lowest BCUT2D eigenvalue weighted by molar-refractivity contribution is 0.447. The fourth-order valence-electron chi connectivity index (χ4n) is 4.48. The number of aryl methyl sites for hydroxylation is 2. The van der Waals surface area contributed by atoms with Crippen LogP contribution in [0.5, 0.6) is 0 Å². The second-order valence-corrected chi connectivity index (χ2v) is 9.43. The predicted molar refractivity (Wildman–Crippen MR) is 147 cm³/mol. The molecule has 4 aromatic carbocycles. The molecular weight excluding hydrogens is 484 g/mol. The van der Waals surface area contributed by atoms with E-state index in [9.17, 15) is 17.6 Å². The van der Waals surface area contributed by atoms with Crippen LogP contribution in [0.1, 0.15) is 61.8 Å². The van der Waals surface area contributed by atoms with Crippen molar-refractivity contribution in [2.24, 2.45) is 0 Å². The van der Waals surface area contributed by atoms with Gasteiger partial charge in [0.05, 0.1) is 0 Å². The molecule has 0 fully saturated rings. The van der Waals surface area contributed by atoms with Gasteiger partial charge in [-0.1, -0.05) is 75.3 Å². The molecule has 0 saturated heterocycles. The molecule has 0 aliphatic carbocycles. The molecule has 0 saturated carbocycles. The Morgan fingerprint density at radius 3 is 1.92 bits per heavy atom. The topological polar surface area (TPSA) is 0 Å². The van der Waals surface area contributed by atoms with Gasteiger partial charge in [0.2, 0.25) is 0 Å². The number of hydrogen-bond acceptors (Lipinski definition) is 0. The molecule has 194 valence electrons. The summed E-state index contributed by atoms with van der Waals surface area (Å²) in [7, 11) is 0. The van der Waals surface area contributed by atoms with Crippen molar-refractivity contribution >= 4 is 0 Å². The summed E-state index contributed by atoms with van der Waals surface area (Å²) in [6.45, 7) is 4.26. The van der Waals surface area contributed by atoms with Crippen molar-refractivity contribution in [3.63, 3.8) is 0 Å². The minimum Gasteiger partial charge on any atom is -0.206 e. The van der Waals surface area contributed by atoms with Crippen LogP contribution in [0.25, 0.3) is 22.3 Å². The van der Waals surface area contributed by atoms with E-state index in [-0.39, 0.29) is 11.1 Å². The molecule has 0 aromatic heterocycles. The van der Waals surface area contributed by atoms with Crippen molar-refractivity contribution in [1.29, 1.82) is 0 Å². The quantitative estimate of drug-likeness (QED) is 0.0950. The van der Waals surface area contributed by atoms with Crippen LogP contribution in [0.3, 0.4) is 0 Å². The molecule has 4 rings (SSSR count). The third-order valence-electron chi connectivity index (χ3n) is 6.70. The molecule has 0 bridgehead atoms. The van der Waals surface area contributed by atoms with Crippen LogP contribution < -0.4 is 0 Å². The van der Waals surface area contributed by atoms with Crippen LogP contribution in [0.2, 0.25) is 0 Å². The first kappa shape index (κ1) is 27.2. The van der Waals surface area contributed by atoms with Crippen LogP contribution in [0.4, 0.5) is 17.6 Å². The lowest BCUT2D eigenvalue weighted by atomic mass is 9.95. The zero-order chi connectivity index (χ0) is 27.1. The van der Waals surface area contributed by atoms with Crippen molar-refractivity contribution in [1.82, 2.24) is 0 Å². The summed E-state index contributed by atoms with van der Waals surface area (Å²) in [5.41, 5.74) is 5.60. The molecular formula is C34H30F4. The molecule has 0 aliphatic heterocycles. The highest BCUT2D eigenvalue weighted by Crippen LogP contribution is 2.31. The molecule has 0 aliphatic rings. The Kier molecular flexibility index (Phi) is 9.02. The molecule has 0 spiro atoms. The maximum absolute atomic E-state index is 14.9. The summed E-state index contributed by atoms with van der Waals surface area (Å²) in [6.07, 6.45) is 6.83. The number of halogens is 4. The van der Waals surface area contributed by atoms with Gasteiger partial charge < -0.3 is 0 Å². The molecule has 0 radical (unpaired) electrons. The fourth-order valence-corrected chi connectivity index (χ4v) is 4.48. The Bertz CT molecular complexity index is 1450. The highest BCUT2D eigenvalue weighted by molar-refractivity contribution is 5.72. The number of benzene rings is 4. The highest BCUT2D eigenvalue weighted by Gasteiger charge is 2.15. The molecule has 0 heterocycles. The first-order chi connectivity index (χ1) is 18.4. The molecule has 0 atom stereocenters. The van der Waals surface area contributed by atoms with Gasteiger partial charge in [-0.3, -0.25) is 0 Å². The van der Waals surface area contributed by atoms with Crippen molar-refractivity contribution in [2.45, 2.75) is 52.4 Å². The summed E-state index contributed by atoms with van der Waals surface area (Å²) in [4.78, 5) is 0. The van der Waals surface area contributed by atoms with E-state index in [1.807, 2.05) is 25.1 Å². The average molecular weight is 515 g/mol. The van der Waals surface area contributed by atoms with E-state index in [1.165, 1.54) is 43.4 Å². The van der Waals surface area contributed by atoms with Gasteiger partial charge in [0.15, 0.2) is 17.5 Å². The smallest absolute Gasteiger partial charge is 0.194 e. The summed E-state index contributed by atoms with van der Waals surface area (Å²) >= 11 is 0. The largest absolute Gasteiger partial charge is 0.206 e. The van der Waals surface area contributed by atoms with Crippen molar-refractivity contribution in [3.05, 3.63) is 118 Å². The van der Waals surface area contributed by atoms with Crippen LogP contribution in [0, 0.1) is 35.1 Å². The molecule has 4 heteroatoms. The summed E-state index contributed by atoms with van der Waals surface area (Å²) in [6, 6.07) is 20.2. The summed E-state index contributed by atoms with van der Waals surface area (Å²) in [5, 5.41) is 0. The van der Waals surface area contributed by atoms with E-state index in [2.05, 4.69) is 43.0 Å². The molecule has 0 unspecified atom stereocenters. The van der Waals surface area contributed by atoms with Gasteiger partial charge in [-0.15, -0.1) is 0 Å². The SMILES string of the molecule is CCCCCCc1ccc(C#Cc2ccc(-c3ccc(-c4cc(F)c(F)c(F)c4)c(F)c3)cc2CC)cc1. The van der Waals surface area contributed by atoms with Crippen molar-refractivity contribution in [2.75, 3.05) is 0 Å². The molecule has 0 nitrogen and oxygen atoms in total. The van der Waals surface area contributed by atoms with Crippen molar-refractivity contribution in [3.8, 4) is 34.1 Å². The predicted octanol–water partition coefficient (Wildman–Crippen LogP) is 9.66. The lowest BCUT2D eigenvalue weighted by Crippen LogP contribution is -1.94. The van der Waals surface area contributed by atoms with Gasteiger partial charge in [0.1, 0.15) is 5.82 Å². The Labute approximate surface area is 222 Å². The van der Waals surface area contributed by atoms with Gasteiger partial charge in [0.25, 0.3) is 0 Å². The van der Waals surface area contributed by atoms with E-state index in [4.69, 9.17) is 0 Å². The first-order valence-corrected chi connectivity index (χ1v) is 13.1. The summed E-state index contributed by atoms with van der Waals surface area (Å²) in [5.74, 6) is 1.58. The highest BCUT2D eigenvalue weighted by atomic mass is 19.2. The van der Waals surface area contributed by atoms with Crippen LogP contribution in [0.15, 0.2) is 72.8 Å². The van der Waals surface area contributed by atoms with E-state index < -0.39 is 23.3 Å². The molecule has 38 heavy (non-hydrogen) atoms. The Hall–Kier alpha value is -3.84. The van der Waals surface area contributed by atoms with Crippen LogP contribution >= 0.6 is 0 Å². The zero-order valence-corrected chi connectivity index (χ0v) is 21.7. The first-order valence-electron chi connectivity index (χ1n) is 13.1. The Morgan fingerprint density at radius 2 is 1.26 bits per heavy atom. The van der Waals surface area contributed by atoms with E-state index in [0.717, 1.165) is 47.2 Å². The van der Waals surface area contributed by atoms with Crippen LogP contribution in [-0.2, 0) is 12.8 Å². The van der Waals surface area contributed by atoms with Gasteiger partial charge in [0, 0.05) is 16.7 Å². The van der Waals surface area contributed by atoms with Crippen molar-refractivity contribution < 1.29 is 17.6 Å². The Balaban J connectivity index is 1.52. The molecule has 4 aromatic rings. The van der Waals surface area contributed by atoms with Gasteiger partial charge in [-0.05, 0) is 89.5 Å². The average Bonchev–Trinajstić information content (AvgIpc) is 2.93. The minimum absolute atomic E-state index is 0.00303. The van der Waals surface area contributed by atoms with E-state index in [0.29, 0.717) is 5.56 Å². The van der Waals surface area contributed by atoms with E-state index >= 15 is 0 Å². The number of rotatable bonds is 8. The second kappa shape index (κ2) is 12.6. The van der Waals surface area contributed by atoms with Gasteiger partial charge in [-0.2, -0.15) is 0 Å². The maximum atomic E-state index is 14.9. The van der Waals surface area contributed by atoms with Gasteiger partial charge >= 0.3 is 0 Å². The zero-order valence-electron chi connectivity index (χ0n) is 21.7. The number of hydrogen-bond donors (Lipinski definition) is 0. The number of unbranched alkanes of at least 4 members (excludes halogenated alkanes) is 3. The monoisotopic (exact) mass is 514 g/mol. The third kappa shape index (κ3) is 6.53.